The Labute approximate surface area is 432 Å². The number of likely N-dealkylation sites (tertiary alicyclic amines) is 10. The van der Waals surface area contributed by atoms with Crippen molar-refractivity contribution in [2.24, 2.45) is 0 Å². The summed E-state index contributed by atoms with van der Waals surface area (Å²) in [4.78, 5) is 157. The van der Waals surface area contributed by atoms with Gasteiger partial charge in [-0.2, -0.15) is 0 Å². The van der Waals surface area contributed by atoms with E-state index in [0.29, 0.717) is 187 Å². The fraction of sp³-hybridized carbons (Fsp3) is 0.808. The minimum absolute atomic E-state index is 0.163. The summed E-state index contributed by atoms with van der Waals surface area (Å²) in [6, 6.07) is -7.80. The number of hydrogen-bond donors (Lipinski definition) is 2. The molecule has 0 aromatic rings. The maximum Gasteiger partial charge on any atom is 0.326 e. The van der Waals surface area contributed by atoms with Gasteiger partial charge < -0.3 is 54.3 Å². The first-order valence-corrected chi connectivity index (χ1v) is 28.1. The standard InChI is InChI=1S/C52H76N10O12/c1-32(63)53-22-2-12-33(53)43(64)54-23-3-13-34(54)44(65)55-24-4-14-35(55)45(66)56-25-5-15-36(56)46(67)57-26-6-16-37(57)47(68)58-27-7-17-38(58)48(69)59-28-8-18-39(59)49(70)60-29-9-19-40(60)50(71)61-30-10-20-41(61)51(72)62-31-11-21-42(62)52(73)74/h32-42,63H,2-31H2,1H3,(H,73,74). The highest BCUT2D eigenvalue weighted by atomic mass is 16.4. The van der Waals surface area contributed by atoms with Gasteiger partial charge in [-0.25, -0.2) is 4.79 Å². The molecule has 0 aliphatic carbocycles. The summed E-state index contributed by atoms with van der Waals surface area (Å²) in [7, 11) is 0. The van der Waals surface area contributed by atoms with Gasteiger partial charge in [0.25, 0.3) is 0 Å². The normalized spacial score (nSPS) is 33.0. The van der Waals surface area contributed by atoms with E-state index in [-0.39, 0.29) is 53.2 Å². The fourth-order valence-corrected chi connectivity index (χ4v) is 14.8. The molecule has 0 aromatic carbocycles. The van der Waals surface area contributed by atoms with Crippen LogP contribution in [0.1, 0.15) is 135 Å². The van der Waals surface area contributed by atoms with Gasteiger partial charge in [0.15, 0.2) is 0 Å². The predicted molar refractivity (Wildman–Crippen MR) is 262 cm³/mol. The average molecular weight is 1030 g/mol. The first kappa shape index (κ1) is 52.1. The van der Waals surface area contributed by atoms with Crippen LogP contribution >= 0.6 is 0 Å². The third kappa shape index (κ3) is 9.41. The molecule has 0 radical (unpaired) electrons. The molecule has 9 amide bonds. The van der Waals surface area contributed by atoms with E-state index >= 15 is 0 Å². The number of carboxylic acids is 1. The zero-order valence-corrected chi connectivity index (χ0v) is 43.0. The zero-order valence-electron chi connectivity index (χ0n) is 43.0. The molecule has 10 rings (SSSR count). The molecule has 10 saturated heterocycles. The van der Waals surface area contributed by atoms with Crippen LogP contribution in [0.5, 0.6) is 0 Å². The fourth-order valence-electron chi connectivity index (χ4n) is 14.8. The third-order valence-corrected chi connectivity index (χ3v) is 18.4. The molecule has 11 atom stereocenters. The molecular formula is C52H76N10O12. The van der Waals surface area contributed by atoms with Gasteiger partial charge in [-0.15, -0.1) is 0 Å². The summed E-state index contributed by atoms with van der Waals surface area (Å²) < 4.78 is 0. The first-order chi connectivity index (χ1) is 35.7. The quantitative estimate of drug-likeness (QED) is 0.273. The van der Waals surface area contributed by atoms with Crippen LogP contribution in [-0.2, 0) is 47.9 Å². The predicted octanol–water partition coefficient (Wildman–Crippen LogP) is -0.207. The van der Waals surface area contributed by atoms with Crippen LogP contribution in [0.3, 0.4) is 0 Å². The van der Waals surface area contributed by atoms with Crippen molar-refractivity contribution < 1.29 is 58.2 Å². The first-order valence-electron chi connectivity index (χ1n) is 28.1. The summed E-state index contributed by atoms with van der Waals surface area (Å²) >= 11 is 0. The SMILES string of the molecule is CC(O)N1CCCC1C(=O)N1CCCC1C(=O)N1CCCC1C(=O)N1CCCC1C(=O)N1CCCC1C(=O)N1CCCC1C(=O)N1CCCC1C(=O)N1CCCC1C(=O)N1CCCC1C(=O)N1CCCC1C(=O)O. The summed E-state index contributed by atoms with van der Waals surface area (Å²) in [6.07, 6.45) is 9.61. The molecule has 11 unspecified atom stereocenters. The van der Waals surface area contributed by atoms with E-state index in [1.165, 1.54) is 9.80 Å². The van der Waals surface area contributed by atoms with Gasteiger partial charge in [0.2, 0.25) is 53.2 Å². The Hall–Kier alpha value is -5.38. The van der Waals surface area contributed by atoms with Crippen molar-refractivity contribution in [3.63, 3.8) is 0 Å². The van der Waals surface area contributed by atoms with E-state index in [2.05, 4.69) is 0 Å². The summed E-state index contributed by atoms with van der Waals surface area (Å²) in [6.45, 7) is 5.30. The molecule has 10 aliphatic heterocycles. The van der Waals surface area contributed by atoms with Gasteiger partial charge in [0.1, 0.15) is 60.6 Å². The Morgan fingerprint density at radius 2 is 0.446 bits per heavy atom. The van der Waals surface area contributed by atoms with Gasteiger partial charge in [-0.1, -0.05) is 0 Å². The topological polar surface area (TPSA) is 244 Å². The lowest BCUT2D eigenvalue weighted by atomic mass is 10.1. The van der Waals surface area contributed by atoms with Crippen LogP contribution in [0, 0.1) is 0 Å². The lowest BCUT2D eigenvalue weighted by Gasteiger charge is -2.37. The van der Waals surface area contributed by atoms with Crippen LogP contribution in [0.25, 0.3) is 0 Å². The van der Waals surface area contributed by atoms with Gasteiger partial charge in [-0.05, 0) is 135 Å². The maximum absolute atomic E-state index is 14.7. The average Bonchev–Trinajstić information content (AvgIpc) is 4.25. The summed E-state index contributed by atoms with van der Waals surface area (Å²) in [5, 5.41) is 20.1. The Bertz CT molecular complexity index is 2270. The van der Waals surface area contributed by atoms with E-state index < -0.39 is 72.6 Å². The van der Waals surface area contributed by atoms with Crippen molar-refractivity contribution in [2.45, 2.75) is 202 Å². The molecule has 10 aliphatic rings. The highest BCUT2D eigenvalue weighted by molar-refractivity contribution is 6.00. The van der Waals surface area contributed by atoms with E-state index in [1.54, 1.807) is 46.1 Å². The number of aliphatic carboxylic acids is 1. The van der Waals surface area contributed by atoms with Gasteiger partial charge in [-0.3, -0.25) is 48.1 Å². The molecule has 74 heavy (non-hydrogen) atoms. The second kappa shape index (κ2) is 21.7. The maximum atomic E-state index is 14.7. The summed E-state index contributed by atoms with van der Waals surface area (Å²) in [5.74, 6) is -3.78. The van der Waals surface area contributed by atoms with E-state index in [9.17, 15) is 58.2 Å². The Morgan fingerprint density at radius 1 is 0.284 bits per heavy atom. The number of nitrogens with zero attached hydrogens (tertiary/aromatic N) is 10. The largest absolute Gasteiger partial charge is 0.480 e. The third-order valence-electron chi connectivity index (χ3n) is 18.4. The smallest absolute Gasteiger partial charge is 0.326 e. The zero-order chi connectivity index (χ0) is 52.1. The molecule has 2 N–H and O–H groups in total. The van der Waals surface area contributed by atoms with E-state index in [4.69, 9.17) is 0 Å². The van der Waals surface area contributed by atoms with Gasteiger partial charge in [0.05, 0.1) is 6.04 Å². The second-order valence-electron chi connectivity index (χ2n) is 22.6. The van der Waals surface area contributed by atoms with Crippen molar-refractivity contribution >= 4 is 59.1 Å². The van der Waals surface area contributed by atoms with E-state index in [1.807, 2.05) is 0 Å². The van der Waals surface area contributed by atoms with Crippen LogP contribution in [0.2, 0.25) is 0 Å². The van der Waals surface area contributed by atoms with Crippen LogP contribution in [0.4, 0.5) is 0 Å². The van der Waals surface area contributed by atoms with Crippen molar-refractivity contribution in [1.82, 2.24) is 49.0 Å². The van der Waals surface area contributed by atoms with Crippen molar-refractivity contribution in [1.29, 1.82) is 0 Å². The molecular weight excluding hydrogens is 957 g/mol. The van der Waals surface area contributed by atoms with Gasteiger partial charge in [0, 0.05) is 65.4 Å². The van der Waals surface area contributed by atoms with Crippen molar-refractivity contribution in [2.75, 3.05) is 65.4 Å². The monoisotopic (exact) mass is 1030 g/mol. The molecule has 10 heterocycles. The Kier molecular flexibility index (Phi) is 15.3. The lowest BCUT2D eigenvalue weighted by Crippen LogP contribution is -2.59. The van der Waals surface area contributed by atoms with E-state index in [0.717, 1.165) is 6.42 Å². The number of rotatable bonds is 11. The second-order valence-corrected chi connectivity index (χ2v) is 22.6. The van der Waals surface area contributed by atoms with Crippen molar-refractivity contribution in [3.05, 3.63) is 0 Å². The van der Waals surface area contributed by atoms with Crippen LogP contribution < -0.4 is 0 Å². The highest BCUT2D eigenvalue weighted by Gasteiger charge is 2.53. The molecule has 10 fully saturated rings. The molecule has 0 saturated carbocycles. The van der Waals surface area contributed by atoms with Crippen molar-refractivity contribution in [3.8, 4) is 0 Å². The number of carbonyl (C=O) groups is 10. The Morgan fingerprint density at radius 3 is 0.649 bits per heavy atom. The highest BCUT2D eigenvalue weighted by Crippen LogP contribution is 2.35. The number of aliphatic hydroxyl groups is 1. The number of carboxylic acid groups (broad SMARTS) is 1. The molecule has 0 spiro atoms. The Balaban J connectivity index is 0.767. The van der Waals surface area contributed by atoms with Crippen LogP contribution in [-0.4, -0.2) is 250 Å². The minimum atomic E-state index is -1.06. The lowest BCUT2D eigenvalue weighted by molar-refractivity contribution is -0.156. The molecule has 22 heteroatoms. The number of carbonyl (C=O) groups excluding carboxylic acids is 9. The van der Waals surface area contributed by atoms with Crippen LogP contribution in [0.15, 0.2) is 0 Å². The summed E-state index contributed by atoms with van der Waals surface area (Å²) in [5.41, 5.74) is 0. The number of hydrogen-bond acceptors (Lipinski definition) is 12. The molecule has 22 nitrogen and oxygen atoms in total. The number of aliphatic hydroxyl groups excluding tert-OH is 1. The molecule has 0 aromatic heterocycles. The molecule has 0 bridgehead atoms. The molecule has 406 valence electrons. The minimum Gasteiger partial charge on any atom is -0.480 e. The number of amides is 9. The van der Waals surface area contributed by atoms with Gasteiger partial charge >= 0.3 is 5.97 Å².